The van der Waals surface area contributed by atoms with E-state index in [9.17, 15) is 28.8 Å². The summed E-state index contributed by atoms with van der Waals surface area (Å²) in [6, 6.07) is 0. The lowest BCUT2D eigenvalue weighted by atomic mass is 9.97. The molecule has 0 bridgehead atoms. The van der Waals surface area contributed by atoms with Crippen LogP contribution in [0.1, 0.15) is 41.5 Å². The van der Waals surface area contributed by atoms with Crippen molar-refractivity contribution in [1.82, 2.24) is 9.55 Å². The summed E-state index contributed by atoms with van der Waals surface area (Å²) in [5.74, 6) is -3.59. The van der Waals surface area contributed by atoms with Gasteiger partial charge >= 0.3 is 23.9 Å². The second-order valence-electron chi connectivity index (χ2n) is 8.68. The highest BCUT2D eigenvalue weighted by Crippen LogP contribution is 2.32. The van der Waals surface area contributed by atoms with Crippen LogP contribution >= 0.6 is 11.8 Å². The molecule has 1 aliphatic rings. The molecule has 220 valence electrons. The fourth-order valence-corrected chi connectivity index (χ4v) is 4.22. The monoisotopic (exact) mass is 584 g/mol. The second kappa shape index (κ2) is 14.0. The number of nitrogens with one attached hydrogen (secondary N) is 1. The molecule has 2 rings (SSSR count). The molecule has 1 saturated heterocycles. The van der Waals surface area contributed by atoms with Crippen molar-refractivity contribution >= 4 is 58.6 Å². The Kier molecular flexibility index (Phi) is 11.4. The molecule has 1 aromatic heterocycles. The molecule has 1 aromatic rings. The molecular weight excluding hydrogens is 552 g/mol. The van der Waals surface area contributed by atoms with Crippen molar-refractivity contribution in [3.8, 4) is 0 Å². The minimum absolute atomic E-state index is 0.0143. The lowest BCUT2D eigenvalue weighted by molar-refractivity contribution is -0.247. The lowest BCUT2D eigenvalue weighted by Crippen LogP contribution is -2.64. The molecule has 0 spiro atoms. The number of rotatable bonds is 10. The Hall–Kier alpha value is -3.79. The molecule has 0 saturated carbocycles. The molecule has 2 heterocycles. The van der Waals surface area contributed by atoms with E-state index in [1.54, 1.807) is 6.26 Å². The number of Topliss-reactive ketones (excluding diaryl/α,β-unsaturated/α-hetero) is 1. The van der Waals surface area contributed by atoms with Crippen molar-refractivity contribution in [2.75, 3.05) is 18.2 Å². The third kappa shape index (κ3) is 8.35. The first-order valence-corrected chi connectivity index (χ1v) is 13.2. The Morgan fingerprint density at radius 3 is 1.98 bits per heavy atom. The van der Waals surface area contributed by atoms with Gasteiger partial charge in [0.25, 0.3) is 5.56 Å². The molecule has 15 nitrogen and oxygen atoms in total. The van der Waals surface area contributed by atoms with Crippen LogP contribution in [0.5, 0.6) is 0 Å². The van der Waals surface area contributed by atoms with Gasteiger partial charge in [0, 0.05) is 41.7 Å². The third-order valence-corrected chi connectivity index (χ3v) is 6.20. The summed E-state index contributed by atoms with van der Waals surface area (Å²) < 4.78 is 28.5. The molecule has 40 heavy (non-hydrogen) atoms. The topological polar surface area (TPSA) is 191 Å². The predicted octanol–water partition coefficient (Wildman–Crippen LogP) is 0.679. The number of aromatic nitrogens is 2. The minimum atomic E-state index is -1.45. The number of carbonyl (C=O) groups is 5. The van der Waals surface area contributed by atoms with Crippen LogP contribution in [-0.2, 0) is 54.7 Å². The van der Waals surface area contributed by atoms with E-state index in [-0.39, 0.29) is 22.4 Å². The average molecular weight is 585 g/mol. The van der Waals surface area contributed by atoms with Gasteiger partial charge in [0.2, 0.25) is 0 Å². The molecule has 0 aliphatic carbocycles. The summed E-state index contributed by atoms with van der Waals surface area (Å²) in [5.41, 5.74) is -0.839. The van der Waals surface area contributed by atoms with Crippen molar-refractivity contribution in [3.05, 3.63) is 10.4 Å². The minimum Gasteiger partial charge on any atom is -0.463 e. The van der Waals surface area contributed by atoms with E-state index in [4.69, 9.17) is 23.7 Å². The Bertz CT molecular complexity index is 1260. The fraction of sp³-hybridized carbons (Fsp3) is 0.583. The predicted molar refractivity (Wildman–Crippen MR) is 140 cm³/mol. The van der Waals surface area contributed by atoms with Crippen LogP contribution in [0.3, 0.4) is 0 Å². The van der Waals surface area contributed by atoms with Gasteiger partial charge in [0.15, 0.2) is 47.0 Å². The molecule has 16 heteroatoms. The van der Waals surface area contributed by atoms with Crippen LogP contribution in [0.4, 0.5) is 11.5 Å². The van der Waals surface area contributed by atoms with Crippen LogP contribution < -0.4 is 10.9 Å². The standard InChI is InChI=1S/C24H32N4O11S/c1-10(11(2)29)25-17-21(27-24(40-8)28(7)23(17)34)26-22-20(38-15(6)33)19(37-14(5)32)18(36-13(4)31)16(39-22)9-35-12(3)30/h16,18-20,22,26H,9H2,1-8H3/t16-,18+,19+,20+,22-/m0/s1. The van der Waals surface area contributed by atoms with Gasteiger partial charge in [-0.25, -0.2) is 9.98 Å². The Morgan fingerprint density at radius 2 is 1.48 bits per heavy atom. The van der Waals surface area contributed by atoms with Gasteiger partial charge in [-0.3, -0.25) is 33.3 Å². The van der Waals surface area contributed by atoms with Gasteiger partial charge in [-0.2, -0.15) is 0 Å². The molecule has 1 N–H and O–H groups in total. The van der Waals surface area contributed by atoms with E-state index in [0.29, 0.717) is 0 Å². The quantitative estimate of drug-likeness (QED) is 0.133. The smallest absolute Gasteiger partial charge is 0.303 e. The number of hydrogen-bond acceptors (Lipinski definition) is 15. The van der Waals surface area contributed by atoms with Crippen LogP contribution in [0.25, 0.3) is 0 Å². The molecular formula is C24H32N4O11S. The van der Waals surface area contributed by atoms with E-state index in [1.165, 1.54) is 25.5 Å². The summed E-state index contributed by atoms with van der Waals surface area (Å²) in [4.78, 5) is 81.3. The summed E-state index contributed by atoms with van der Waals surface area (Å²) in [7, 11) is 1.47. The van der Waals surface area contributed by atoms with Crippen molar-refractivity contribution in [2.45, 2.75) is 77.3 Å². The third-order valence-electron chi connectivity index (χ3n) is 5.47. The van der Waals surface area contributed by atoms with Gasteiger partial charge in [0.05, 0.1) is 5.71 Å². The van der Waals surface area contributed by atoms with Gasteiger partial charge in [-0.1, -0.05) is 11.8 Å². The van der Waals surface area contributed by atoms with E-state index in [1.807, 2.05) is 0 Å². The Balaban J connectivity index is 2.73. The molecule has 1 fully saturated rings. The molecule has 0 unspecified atom stereocenters. The zero-order chi connectivity index (χ0) is 30.3. The number of aliphatic imine (C=N–C) groups is 1. The van der Waals surface area contributed by atoms with Crippen molar-refractivity contribution in [3.63, 3.8) is 0 Å². The van der Waals surface area contributed by atoms with E-state index < -0.39 is 72.5 Å². The van der Waals surface area contributed by atoms with E-state index >= 15 is 0 Å². The van der Waals surface area contributed by atoms with Crippen LogP contribution in [0.2, 0.25) is 0 Å². The number of anilines is 1. The maximum atomic E-state index is 13.2. The van der Waals surface area contributed by atoms with Gasteiger partial charge in [0.1, 0.15) is 12.7 Å². The number of hydrogen-bond donors (Lipinski definition) is 1. The first-order chi connectivity index (χ1) is 18.7. The summed E-state index contributed by atoms with van der Waals surface area (Å²) in [5, 5.41) is 3.12. The second-order valence-corrected chi connectivity index (χ2v) is 9.45. The van der Waals surface area contributed by atoms with E-state index in [2.05, 4.69) is 15.3 Å². The number of ether oxygens (including phenoxy) is 5. The first kappa shape index (κ1) is 32.4. The Labute approximate surface area is 233 Å². The maximum absolute atomic E-state index is 13.2. The van der Waals surface area contributed by atoms with Gasteiger partial charge in [-0.15, -0.1) is 0 Å². The number of esters is 4. The number of ketones is 1. The van der Waals surface area contributed by atoms with Crippen LogP contribution in [0.15, 0.2) is 14.9 Å². The normalized spacial score (nSPS) is 22.6. The van der Waals surface area contributed by atoms with Gasteiger partial charge in [-0.05, 0) is 13.2 Å². The lowest BCUT2D eigenvalue weighted by Gasteiger charge is -2.44. The maximum Gasteiger partial charge on any atom is 0.303 e. The molecule has 0 radical (unpaired) electrons. The van der Waals surface area contributed by atoms with Crippen LogP contribution in [0, 0.1) is 0 Å². The SMILES string of the molecule is CSc1nc(N[C@H]2O[C@@H](COC(C)=O)[C@@H](OC(C)=O)[C@@H](OC(C)=O)[C@H]2OC(C)=O)c(N=C(C)C(C)=O)c(=O)n1C. The van der Waals surface area contributed by atoms with Crippen molar-refractivity contribution < 1.29 is 47.7 Å². The van der Waals surface area contributed by atoms with Crippen molar-refractivity contribution in [2.24, 2.45) is 12.0 Å². The van der Waals surface area contributed by atoms with Crippen molar-refractivity contribution in [1.29, 1.82) is 0 Å². The highest BCUT2D eigenvalue weighted by atomic mass is 32.2. The fourth-order valence-electron chi connectivity index (χ4n) is 3.68. The molecule has 0 aromatic carbocycles. The largest absolute Gasteiger partial charge is 0.463 e. The summed E-state index contributed by atoms with van der Waals surface area (Å²) in [6.45, 7) is 6.71. The summed E-state index contributed by atoms with van der Waals surface area (Å²) in [6.07, 6.45) is -5.19. The zero-order valence-corrected chi connectivity index (χ0v) is 24.2. The summed E-state index contributed by atoms with van der Waals surface area (Å²) >= 11 is 1.15. The molecule has 0 amide bonds. The number of thioether (sulfide) groups is 1. The number of nitrogens with zero attached hydrogens (tertiary/aromatic N) is 3. The average Bonchev–Trinajstić information content (AvgIpc) is 2.84. The number of carbonyl (C=O) groups excluding carboxylic acids is 5. The molecule has 5 atom stereocenters. The van der Waals surface area contributed by atoms with Gasteiger partial charge < -0.3 is 29.0 Å². The highest BCUT2D eigenvalue weighted by Gasteiger charge is 2.52. The Morgan fingerprint density at radius 1 is 0.925 bits per heavy atom. The van der Waals surface area contributed by atoms with Crippen LogP contribution in [-0.4, -0.2) is 88.4 Å². The first-order valence-electron chi connectivity index (χ1n) is 11.9. The zero-order valence-electron chi connectivity index (χ0n) is 23.3. The molecule has 1 aliphatic heterocycles. The highest BCUT2D eigenvalue weighted by molar-refractivity contribution is 7.98. The van der Waals surface area contributed by atoms with E-state index in [0.717, 1.165) is 39.5 Å².